The minimum absolute atomic E-state index is 0.126. The first kappa shape index (κ1) is 11.0. The van der Waals surface area contributed by atoms with Crippen LogP contribution in [0, 0.1) is 6.92 Å². The summed E-state index contributed by atoms with van der Waals surface area (Å²) in [6.45, 7) is 2.50. The van der Waals surface area contributed by atoms with Crippen LogP contribution in [0.2, 0.25) is 0 Å². The maximum Gasteiger partial charge on any atom is 0.251 e. The molecule has 16 heavy (non-hydrogen) atoms. The van der Waals surface area contributed by atoms with E-state index in [1.807, 2.05) is 17.7 Å². The highest BCUT2D eigenvalue weighted by Gasteiger charge is 2.07. The van der Waals surface area contributed by atoms with E-state index in [0.717, 1.165) is 16.8 Å². The van der Waals surface area contributed by atoms with Crippen molar-refractivity contribution < 1.29 is 0 Å². The molecule has 0 aliphatic heterocycles. The summed E-state index contributed by atoms with van der Waals surface area (Å²) in [6.07, 6.45) is 0.625. The molecule has 84 valence electrons. The van der Waals surface area contributed by atoms with Gasteiger partial charge in [-0.2, -0.15) is 11.3 Å². The number of aromatic nitrogens is 2. The van der Waals surface area contributed by atoms with E-state index < -0.39 is 0 Å². The van der Waals surface area contributed by atoms with Gasteiger partial charge in [0.25, 0.3) is 5.56 Å². The van der Waals surface area contributed by atoms with Crippen molar-refractivity contribution in [1.82, 2.24) is 9.97 Å². The van der Waals surface area contributed by atoms with Crippen LogP contribution in [0.4, 0.5) is 0 Å². The third-order valence-electron chi connectivity index (χ3n) is 2.31. The van der Waals surface area contributed by atoms with Crippen LogP contribution in [0.15, 0.2) is 21.6 Å². The Balaban J connectivity index is 2.49. The quantitative estimate of drug-likeness (QED) is 0.842. The van der Waals surface area contributed by atoms with E-state index in [0.29, 0.717) is 18.8 Å². The normalized spacial score (nSPS) is 10.6. The van der Waals surface area contributed by atoms with Gasteiger partial charge in [0.1, 0.15) is 5.82 Å². The maximum atomic E-state index is 11.5. The number of nitrogens with two attached hydrogens (primary N) is 1. The molecule has 4 nitrogen and oxygen atoms in total. The Morgan fingerprint density at radius 2 is 2.31 bits per heavy atom. The molecule has 0 aliphatic rings. The van der Waals surface area contributed by atoms with Gasteiger partial charge < -0.3 is 10.7 Å². The molecule has 2 aromatic rings. The number of aryl methyl sites for hydroxylation is 1. The zero-order valence-electron chi connectivity index (χ0n) is 8.99. The molecule has 0 spiro atoms. The SMILES string of the molecule is Cc1cscc1-c1nc(CCN)cc(=O)[nH]1. The van der Waals surface area contributed by atoms with Gasteiger partial charge in [-0.3, -0.25) is 4.79 Å². The van der Waals surface area contributed by atoms with Crippen LogP contribution >= 0.6 is 11.3 Å². The molecule has 5 heteroatoms. The third kappa shape index (κ3) is 2.20. The molecule has 0 atom stereocenters. The van der Waals surface area contributed by atoms with Gasteiger partial charge in [-0.05, 0) is 24.4 Å². The highest BCUT2D eigenvalue weighted by Crippen LogP contribution is 2.22. The number of hydrogen-bond acceptors (Lipinski definition) is 4. The molecule has 0 saturated carbocycles. The van der Waals surface area contributed by atoms with Gasteiger partial charge in [-0.1, -0.05) is 0 Å². The number of hydrogen-bond donors (Lipinski definition) is 2. The van der Waals surface area contributed by atoms with E-state index in [-0.39, 0.29) is 5.56 Å². The summed E-state index contributed by atoms with van der Waals surface area (Å²) < 4.78 is 0. The van der Waals surface area contributed by atoms with Gasteiger partial charge in [0, 0.05) is 29.1 Å². The monoisotopic (exact) mass is 235 g/mol. The zero-order chi connectivity index (χ0) is 11.5. The minimum Gasteiger partial charge on any atom is -0.330 e. The summed E-state index contributed by atoms with van der Waals surface area (Å²) in [5.41, 5.74) is 8.19. The zero-order valence-corrected chi connectivity index (χ0v) is 9.80. The Morgan fingerprint density at radius 1 is 1.50 bits per heavy atom. The van der Waals surface area contributed by atoms with Gasteiger partial charge >= 0.3 is 0 Å². The molecule has 2 heterocycles. The van der Waals surface area contributed by atoms with Gasteiger partial charge in [0.05, 0.1) is 0 Å². The van der Waals surface area contributed by atoms with Crippen molar-refractivity contribution in [2.24, 2.45) is 5.73 Å². The molecular weight excluding hydrogens is 222 g/mol. The Hall–Kier alpha value is -1.46. The fourth-order valence-electron chi connectivity index (χ4n) is 1.51. The Morgan fingerprint density at radius 3 is 2.94 bits per heavy atom. The molecule has 3 N–H and O–H groups in total. The first-order valence-electron chi connectivity index (χ1n) is 5.04. The van der Waals surface area contributed by atoms with Crippen LogP contribution < -0.4 is 11.3 Å². The van der Waals surface area contributed by atoms with E-state index in [4.69, 9.17) is 5.73 Å². The molecule has 0 unspecified atom stereocenters. The largest absolute Gasteiger partial charge is 0.330 e. The van der Waals surface area contributed by atoms with Crippen molar-refractivity contribution in [3.8, 4) is 11.4 Å². The predicted molar refractivity (Wildman–Crippen MR) is 65.7 cm³/mol. The van der Waals surface area contributed by atoms with Crippen molar-refractivity contribution in [2.45, 2.75) is 13.3 Å². The van der Waals surface area contributed by atoms with Crippen molar-refractivity contribution in [2.75, 3.05) is 6.54 Å². The summed E-state index contributed by atoms with van der Waals surface area (Å²) in [5, 5.41) is 4.02. The molecule has 0 aliphatic carbocycles. The Kier molecular flexibility index (Phi) is 3.17. The number of thiophene rings is 1. The maximum absolute atomic E-state index is 11.5. The van der Waals surface area contributed by atoms with Crippen LogP contribution in [0.25, 0.3) is 11.4 Å². The summed E-state index contributed by atoms with van der Waals surface area (Å²) in [6, 6.07) is 1.50. The number of rotatable bonds is 3. The molecule has 0 radical (unpaired) electrons. The van der Waals surface area contributed by atoms with Crippen molar-refractivity contribution in [1.29, 1.82) is 0 Å². The highest BCUT2D eigenvalue weighted by molar-refractivity contribution is 7.08. The standard InChI is InChI=1S/C11H13N3OS/c1-7-5-16-6-9(7)11-13-8(2-3-12)4-10(15)14-11/h4-6H,2-3,12H2,1H3,(H,13,14,15). The van der Waals surface area contributed by atoms with Gasteiger partial charge in [0.2, 0.25) is 0 Å². The van der Waals surface area contributed by atoms with Crippen LogP contribution in [0.3, 0.4) is 0 Å². The van der Waals surface area contributed by atoms with E-state index in [1.54, 1.807) is 11.3 Å². The average Bonchev–Trinajstić information content (AvgIpc) is 2.64. The van der Waals surface area contributed by atoms with Crippen LogP contribution in [-0.2, 0) is 6.42 Å². The molecule has 0 amide bonds. The second-order valence-electron chi connectivity index (χ2n) is 3.59. The van der Waals surface area contributed by atoms with E-state index in [9.17, 15) is 4.79 Å². The molecule has 2 rings (SSSR count). The lowest BCUT2D eigenvalue weighted by atomic mass is 10.2. The van der Waals surface area contributed by atoms with Gasteiger partial charge in [0.15, 0.2) is 0 Å². The lowest BCUT2D eigenvalue weighted by molar-refractivity contribution is 0.905. The summed E-state index contributed by atoms with van der Waals surface area (Å²) in [7, 11) is 0. The van der Waals surface area contributed by atoms with Gasteiger partial charge in [-0.25, -0.2) is 4.98 Å². The minimum atomic E-state index is -0.126. The molecule has 0 aromatic carbocycles. The lowest BCUT2D eigenvalue weighted by Gasteiger charge is -2.02. The lowest BCUT2D eigenvalue weighted by Crippen LogP contribution is -2.13. The second-order valence-corrected chi connectivity index (χ2v) is 4.34. The fraction of sp³-hybridized carbons (Fsp3) is 0.273. The number of aromatic amines is 1. The fourth-order valence-corrected chi connectivity index (χ4v) is 2.35. The second kappa shape index (κ2) is 4.59. The summed E-state index contributed by atoms with van der Waals surface area (Å²) in [5.74, 6) is 0.634. The van der Waals surface area contributed by atoms with Crippen molar-refractivity contribution >= 4 is 11.3 Å². The van der Waals surface area contributed by atoms with Crippen LogP contribution in [0.5, 0.6) is 0 Å². The number of nitrogens with one attached hydrogen (secondary N) is 1. The first-order chi connectivity index (χ1) is 7.70. The van der Waals surface area contributed by atoms with Crippen molar-refractivity contribution in [3.63, 3.8) is 0 Å². The Bertz CT molecular complexity index is 544. The van der Waals surface area contributed by atoms with E-state index in [1.165, 1.54) is 6.07 Å². The number of H-pyrrole nitrogens is 1. The molecule has 0 saturated heterocycles. The molecule has 2 aromatic heterocycles. The summed E-state index contributed by atoms with van der Waals surface area (Å²) >= 11 is 1.60. The number of nitrogens with zero attached hydrogens (tertiary/aromatic N) is 1. The third-order valence-corrected chi connectivity index (χ3v) is 3.17. The smallest absolute Gasteiger partial charge is 0.251 e. The highest BCUT2D eigenvalue weighted by atomic mass is 32.1. The van der Waals surface area contributed by atoms with Crippen LogP contribution in [-0.4, -0.2) is 16.5 Å². The average molecular weight is 235 g/mol. The van der Waals surface area contributed by atoms with E-state index >= 15 is 0 Å². The predicted octanol–water partition coefficient (Wildman–Crippen LogP) is 1.31. The van der Waals surface area contributed by atoms with E-state index in [2.05, 4.69) is 9.97 Å². The first-order valence-corrected chi connectivity index (χ1v) is 5.98. The molecular formula is C11H13N3OS. The van der Waals surface area contributed by atoms with Crippen molar-refractivity contribution in [3.05, 3.63) is 38.4 Å². The summed E-state index contributed by atoms with van der Waals surface area (Å²) in [4.78, 5) is 18.6. The Labute approximate surface area is 97.2 Å². The topological polar surface area (TPSA) is 71.8 Å². The molecule has 0 fully saturated rings. The van der Waals surface area contributed by atoms with Gasteiger partial charge in [-0.15, -0.1) is 0 Å². The molecule has 0 bridgehead atoms. The van der Waals surface area contributed by atoms with Crippen LogP contribution in [0.1, 0.15) is 11.3 Å².